The van der Waals surface area contributed by atoms with Crippen LogP contribution in [0.25, 0.3) is 0 Å². The smallest absolute Gasteiger partial charge is 0.255 e. The van der Waals surface area contributed by atoms with E-state index in [2.05, 4.69) is 22.1 Å². The van der Waals surface area contributed by atoms with E-state index in [9.17, 15) is 4.79 Å². The third-order valence-electron chi connectivity index (χ3n) is 3.21. The van der Waals surface area contributed by atoms with E-state index in [1.807, 2.05) is 42.5 Å². The van der Waals surface area contributed by atoms with E-state index in [-0.39, 0.29) is 5.91 Å². The van der Waals surface area contributed by atoms with Crippen LogP contribution in [0.15, 0.2) is 72.9 Å². The van der Waals surface area contributed by atoms with Gasteiger partial charge in [-0.05, 0) is 54.5 Å². The van der Waals surface area contributed by atoms with Crippen molar-refractivity contribution in [2.45, 2.75) is 0 Å². The molecule has 1 heterocycles. The molecule has 4 heteroatoms. The minimum Gasteiger partial charge on any atom is -0.322 e. The molecule has 0 radical (unpaired) electrons. The molecule has 116 valence electrons. The second kappa shape index (κ2) is 7.45. The number of pyridine rings is 1. The number of hydrogen-bond acceptors (Lipinski definition) is 2. The molecule has 3 rings (SSSR count). The standard InChI is InChI=1S/C20H13ClN2O/c21-17-7-4-6-16(14-17)20(24)23-19-9-3-5-15(13-19)10-11-18-8-1-2-12-22-18/h1-9,12-14H,(H,23,24). The van der Waals surface area contributed by atoms with Gasteiger partial charge in [0.1, 0.15) is 5.69 Å². The van der Waals surface area contributed by atoms with Gasteiger partial charge in [-0.3, -0.25) is 4.79 Å². The summed E-state index contributed by atoms with van der Waals surface area (Å²) < 4.78 is 0. The molecule has 0 fully saturated rings. The number of carbonyl (C=O) groups excluding carboxylic acids is 1. The fourth-order valence-corrected chi connectivity index (χ4v) is 2.27. The van der Waals surface area contributed by atoms with Gasteiger partial charge in [-0.1, -0.05) is 35.7 Å². The van der Waals surface area contributed by atoms with Crippen molar-refractivity contribution in [2.75, 3.05) is 5.32 Å². The molecule has 0 aliphatic carbocycles. The van der Waals surface area contributed by atoms with Gasteiger partial charge in [0.25, 0.3) is 5.91 Å². The zero-order valence-electron chi connectivity index (χ0n) is 12.7. The minimum atomic E-state index is -0.215. The minimum absolute atomic E-state index is 0.215. The van der Waals surface area contributed by atoms with E-state index < -0.39 is 0 Å². The molecule has 3 nitrogen and oxygen atoms in total. The lowest BCUT2D eigenvalue weighted by molar-refractivity contribution is 0.102. The van der Waals surface area contributed by atoms with Gasteiger partial charge in [0.2, 0.25) is 0 Å². The van der Waals surface area contributed by atoms with Crippen LogP contribution in [0.2, 0.25) is 5.02 Å². The Hall–Kier alpha value is -3.09. The van der Waals surface area contributed by atoms with Crippen LogP contribution in [0.1, 0.15) is 21.6 Å². The second-order valence-electron chi connectivity index (χ2n) is 5.01. The molecule has 1 amide bonds. The normalized spacial score (nSPS) is 9.71. The maximum atomic E-state index is 12.2. The van der Waals surface area contributed by atoms with Gasteiger partial charge >= 0.3 is 0 Å². The van der Waals surface area contributed by atoms with Crippen molar-refractivity contribution in [3.05, 3.63) is 94.8 Å². The van der Waals surface area contributed by atoms with E-state index >= 15 is 0 Å². The average molecular weight is 333 g/mol. The molecule has 0 aliphatic heterocycles. The van der Waals surface area contributed by atoms with Gasteiger partial charge in [0.05, 0.1) is 0 Å². The Bertz CT molecular complexity index is 927. The Morgan fingerprint density at radius 2 is 1.83 bits per heavy atom. The highest BCUT2D eigenvalue weighted by Crippen LogP contribution is 2.14. The summed E-state index contributed by atoms with van der Waals surface area (Å²) in [5, 5.41) is 3.37. The average Bonchev–Trinajstić information content (AvgIpc) is 2.61. The first-order valence-corrected chi connectivity index (χ1v) is 7.68. The molecule has 0 spiro atoms. The van der Waals surface area contributed by atoms with Crippen molar-refractivity contribution in [3.8, 4) is 11.8 Å². The number of nitrogens with zero attached hydrogens (tertiary/aromatic N) is 1. The van der Waals surface area contributed by atoms with E-state index in [4.69, 9.17) is 11.6 Å². The van der Waals surface area contributed by atoms with Crippen LogP contribution in [0.4, 0.5) is 5.69 Å². The number of nitrogens with one attached hydrogen (secondary N) is 1. The van der Waals surface area contributed by atoms with E-state index in [0.29, 0.717) is 22.0 Å². The highest BCUT2D eigenvalue weighted by molar-refractivity contribution is 6.31. The molecule has 0 saturated heterocycles. The van der Waals surface area contributed by atoms with E-state index in [1.165, 1.54) is 0 Å². The quantitative estimate of drug-likeness (QED) is 0.707. The van der Waals surface area contributed by atoms with Crippen LogP contribution in [0.3, 0.4) is 0 Å². The molecule has 24 heavy (non-hydrogen) atoms. The zero-order chi connectivity index (χ0) is 16.8. The third kappa shape index (κ3) is 4.22. The fourth-order valence-electron chi connectivity index (χ4n) is 2.08. The molecule has 0 aliphatic rings. The van der Waals surface area contributed by atoms with Crippen molar-refractivity contribution in [1.29, 1.82) is 0 Å². The van der Waals surface area contributed by atoms with Crippen LogP contribution in [0, 0.1) is 11.8 Å². The Morgan fingerprint density at radius 1 is 0.958 bits per heavy atom. The molecule has 1 aromatic heterocycles. The van der Waals surface area contributed by atoms with Crippen molar-refractivity contribution in [3.63, 3.8) is 0 Å². The van der Waals surface area contributed by atoms with Gasteiger partial charge in [-0.25, -0.2) is 4.98 Å². The lowest BCUT2D eigenvalue weighted by Crippen LogP contribution is -2.11. The molecular weight excluding hydrogens is 320 g/mol. The predicted molar refractivity (Wildman–Crippen MR) is 96.1 cm³/mol. The van der Waals surface area contributed by atoms with Crippen LogP contribution >= 0.6 is 11.6 Å². The monoisotopic (exact) mass is 332 g/mol. The van der Waals surface area contributed by atoms with Crippen molar-refractivity contribution < 1.29 is 4.79 Å². The number of carbonyl (C=O) groups is 1. The Balaban J connectivity index is 1.76. The van der Waals surface area contributed by atoms with Crippen LogP contribution in [-0.4, -0.2) is 10.9 Å². The highest BCUT2D eigenvalue weighted by Gasteiger charge is 2.06. The summed E-state index contributed by atoms with van der Waals surface area (Å²) in [5.41, 5.74) is 2.68. The third-order valence-corrected chi connectivity index (χ3v) is 3.44. The summed E-state index contributed by atoms with van der Waals surface area (Å²) >= 11 is 5.91. The SMILES string of the molecule is O=C(Nc1cccc(C#Cc2ccccn2)c1)c1cccc(Cl)c1. The van der Waals surface area contributed by atoms with E-state index in [1.54, 1.807) is 30.5 Å². The maximum absolute atomic E-state index is 12.2. The topological polar surface area (TPSA) is 42.0 Å². The Morgan fingerprint density at radius 3 is 2.62 bits per heavy atom. The molecule has 3 aromatic rings. The molecule has 0 unspecified atom stereocenters. The Labute approximate surface area is 145 Å². The largest absolute Gasteiger partial charge is 0.322 e. The van der Waals surface area contributed by atoms with Crippen LogP contribution in [-0.2, 0) is 0 Å². The number of rotatable bonds is 2. The summed E-state index contributed by atoms with van der Waals surface area (Å²) in [6.45, 7) is 0. The van der Waals surface area contributed by atoms with Gasteiger partial charge < -0.3 is 5.32 Å². The van der Waals surface area contributed by atoms with Crippen molar-refractivity contribution in [2.24, 2.45) is 0 Å². The fraction of sp³-hybridized carbons (Fsp3) is 0. The number of halogens is 1. The number of aromatic nitrogens is 1. The van der Waals surface area contributed by atoms with Crippen molar-refractivity contribution in [1.82, 2.24) is 4.98 Å². The lowest BCUT2D eigenvalue weighted by atomic mass is 10.1. The molecule has 0 saturated carbocycles. The van der Waals surface area contributed by atoms with Gasteiger partial charge in [0, 0.05) is 28.0 Å². The molecule has 1 N–H and O–H groups in total. The molecule has 2 aromatic carbocycles. The lowest BCUT2D eigenvalue weighted by Gasteiger charge is -2.06. The summed E-state index contributed by atoms with van der Waals surface area (Å²) in [7, 11) is 0. The van der Waals surface area contributed by atoms with Gasteiger partial charge in [0.15, 0.2) is 0 Å². The molecule has 0 atom stereocenters. The molecular formula is C20H13ClN2O. The van der Waals surface area contributed by atoms with E-state index in [0.717, 1.165) is 5.56 Å². The van der Waals surface area contributed by atoms with Crippen LogP contribution < -0.4 is 5.32 Å². The number of anilines is 1. The van der Waals surface area contributed by atoms with Gasteiger partial charge in [-0.15, -0.1) is 0 Å². The first-order valence-electron chi connectivity index (χ1n) is 7.31. The first-order chi connectivity index (χ1) is 11.7. The summed E-state index contributed by atoms with van der Waals surface area (Å²) in [6.07, 6.45) is 1.70. The van der Waals surface area contributed by atoms with Gasteiger partial charge in [-0.2, -0.15) is 0 Å². The summed E-state index contributed by atoms with van der Waals surface area (Å²) in [5.74, 6) is 5.81. The summed E-state index contributed by atoms with van der Waals surface area (Å²) in [6, 6.07) is 19.7. The van der Waals surface area contributed by atoms with Crippen LogP contribution in [0.5, 0.6) is 0 Å². The predicted octanol–water partition coefficient (Wildman–Crippen LogP) is 4.39. The summed E-state index contributed by atoms with van der Waals surface area (Å²) in [4.78, 5) is 16.4. The zero-order valence-corrected chi connectivity index (χ0v) is 13.4. The highest BCUT2D eigenvalue weighted by atomic mass is 35.5. The first kappa shape index (κ1) is 15.8. The van der Waals surface area contributed by atoms with Crippen molar-refractivity contribution >= 4 is 23.2 Å². The number of benzene rings is 2. The number of hydrogen-bond donors (Lipinski definition) is 1. The number of amides is 1. The molecule has 0 bridgehead atoms. The maximum Gasteiger partial charge on any atom is 0.255 e. The Kier molecular flexibility index (Phi) is 4.90. The second-order valence-corrected chi connectivity index (χ2v) is 5.45.